The van der Waals surface area contributed by atoms with Gasteiger partial charge in [-0.3, -0.25) is 0 Å². The van der Waals surface area contributed by atoms with Crippen LogP contribution in [0.3, 0.4) is 0 Å². The van der Waals surface area contributed by atoms with E-state index < -0.39 is 11.9 Å². The minimum atomic E-state index is -2.21. The maximum absolute atomic E-state index is 12.0. The summed E-state index contributed by atoms with van der Waals surface area (Å²) in [4.78, 5) is 0. The van der Waals surface area contributed by atoms with Gasteiger partial charge in [0, 0.05) is 0 Å². The number of halogens is 3. The molecule has 1 aliphatic rings. The zero-order valence-corrected chi connectivity index (χ0v) is 4.63. The standard InChI is InChI=1S/C6H5F3/c7-5(6(8)9)4-2-1-3-4/h2H,1,3H2. The summed E-state index contributed by atoms with van der Waals surface area (Å²) in [6.45, 7) is 0. The first-order valence-corrected chi connectivity index (χ1v) is 2.62. The van der Waals surface area contributed by atoms with Crippen LogP contribution in [-0.4, -0.2) is 0 Å². The lowest BCUT2D eigenvalue weighted by Gasteiger charge is -2.09. The van der Waals surface area contributed by atoms with Crippen molar-refractivity contribution in [2.45, 2.75) is 12.8 Å². The molecule has 0 amide bonds. The molecule has 9 heavy (non-hydrogen) atoms. The quantitative estimate of drug-likeness (QED) is 0.517. The van der Waals surface area contributed by atoms with Crippen LogP contribution in [0, 0.1) is 0 Å². The predicted molar refractivity (Wildman–Crippen MR) is 27.7 cm³/mol. The third-order valence-corrected chi connectivity index (χ3v) is 1.25. The van der Waals surface area contributed by atoms with E-state index in [0.717, 1.165) is 6.42 Å². The van der Waals surface area contributed by atoms with Gasteiger partial charge in [0.2, 0.25) is 0 Å². The van der Waals surface area contributed by atoms with Crippen molar-refractivity contribution in [2.75, 3.05) is 0 Å². The van der Waals surface area contributed by atoms with E-state index in [2.05, 4.69) is 0 Å². The van der Waals surface area contributed by atoms with Gasteiger partial charge in [-0.2, -0.15) is 8.78 Å². The third-order valence-electron chi connectivity index (χ3n) is 1.25. The smallest absolute Gasteiger partial charge is 0.201 e. The van der Waals surface area contributed by atoms with Crippen LogP contribution in [0.1, 0.15) is 12.8 Å². The molecule has 0 saturated carbocycles. The number of rotatable bonds is 1. The van der Waals surface area contributed by atoms with Gasteiger partial charge in [0.05, 0.1) is 0 Å². The van der Waals surface area contributed by atoms with Crippen LogP contribution in [-0.2, 0) is 0 Å². The van der Waals surface area contributed by atoms with E-state index in [1.807, 2.05) is 0 Å². The van der Waals surface area contributed by atoms with Crippen LogP contribution in [0.2, 0.25) is 0 Å². The van der Waals surface area contributed by atoms with Crippen LogP contribution in [0.5, 0.6) is 0 Å². The molecule has 3 heteroatoms. The molecule has 0 heterocycles. The molecular formula is C6H5F3. The first kappa shape index (κ1) is 6.39. The summed E-state index contributed by atoms with van der Waals surface area (Å²) >= 11 is 0. The van der Waals surface area contributed by atoms with Crippen molar-refractivity contribution >= 4 is 0 Å². The Morgan fingerprint density at radius 2 is 1.89 bits per heavy atom. The zero-order chi connectivity index (χ0) is 6.85. The van der Waals surface area contributed by atoms with Gasteiger partial charge in [-0.15, -0.1) is 0 Å². The molecule has 1 rings (SSSR count). The molecule has 0 saturated heterocycles. The average Bonchev–Trinajstić information content (AvgIpc) is 1.60. The number of hydrogen-bond acceptors (Lipinski definition) is 0. The molecule has 0 atom stereocenters. The van der Waals surface area contributed by atoms with Gasteiger partial charge in [-0.25, -0.2) is 4.39 Å². The molecule has 1 aliphatic carbocycles. The normalized spacial score (nSPS) is 16.1. The fraction of sp³-hybridized carbons (Fsp3) is 0.333. The summed E-state index contributed by atoms with van der Waals surface area (Å²) in [6, 6.07) is 0. The van der Waals surface area contributed by atoms with Crippen molar-refractivity contribution in [3.8, 4) is 0 Å². The Bertz CT molecular complexity index is 175. The van der Waals surface area contributed by atoms with Crippen molar-refractivity contribution in [1.82, 2.24) is 0 Å². The van der Waals surface area contributed by atoms with Crippen molar-refractivity contribution in [1.29, 1.82) is 0 Å². The van der Waals surface area contributed by atoms with Crippen LogP contribution in [0.4, 0.5) is 13.2 Å². The average molecular weight is 134 g/mol. The van der Waals surface area contributed by atoms with Gasteiger partial charge in [0.1, 0.15) is 0 Å². The first-order chi connectivity index (χ1) is 4.22. The Labute approximate surface area is 50.7 Å². The summed E-state index contributed by atoms with van der Waals surface area (Å²) in [7, 11) is 0. The molecule has 0 bridgehead atoms. The lowest BCUT2D eigenvalue weighted by Crippen LogP contribution is -1.94. The monoisotopic (exact) mass is 134 g/mol. The molecule has 0 spiro atoms. The second-order valence-corrected chi connectivity index (χ2v) is 1.84. The van der Waals surface area contributed by atoms with Gasteiger partial charge < -0.3 is 0 Å². The minimum absolute atomic E-state index is 0.148. The van der Waals surface area contributed by atoms with Crippen molar-refractivity contribution in [3.05, 3.63) is 23.6 Å². The molecule has 0 aromatic carbocycles. The maximum Gasteiger partial charge on any atom is 0.305 e. The zero-order valence-electron chi connectivity index (χ0n) is 4.63. The minimum Gasteiger partial charge on any atom is -0.201 e. The highest BCUT2D eigenvalue weighted by atomic mass is 19.3. The molecule has 50 valence electrons. The van der Waals surface area contributed by atoms with Gasteiger partial charge in [0.15, 0.2) is 5.83 Å². The number of allylic oxidation sites excluding steroid dienone is 3. The topological polar surface area (TPSA) is 0 Å². The van der Waals surface area contributed by atoms with Crippen molar-refractivity contribution in [2.24, 2.45) is 0 Å². The Morgan fingerprint density at radius 3 is 2.00 bits per heavy atom. The molecule has 0 aromatic heterocycles. The summed E-state index contributed by atoms with van der Waals surface area (Å²) < 4.78 is 34.8. The van der Waals surface area contributed by atoms with Crippen LogP contribution in [0.15, 0.2) is 23.6 Å². The highest BCUT2D eigenvalue weighted by Gasteiger charge is 2.15. The Kier molecular flexibility index (Phi) is 1.60. The highest BCUT2D eigenvalue weighted by Crippen LogP contribution is 2.29. The van der Waals surface area contributed by atoms with E-state index in [0.29, 0.717) is 6.42 Å². The summed E-state index contributed by atoms with van der Waals surface area (Å²) in [6.07, 6.45) is 0.425. The molecule has 0 nitrogen and oxygen atoms in total. The lowest BCUT2D eigenvalue weighted by atomic mass is 9.98. The first-order valence-electron chi connectivity index (χ1n) is 2.62. The molecule has 0 N–H and O–H groups in total. The Balaban J connectivity index is 2.73. The van der Waals surface area contributed by atoms with Gasteiger partial charge in [-0.05, 0) is 18.4 Å². The molecular weight excluding hydrogens is 129 g/mol. The van der Waals surface area contributed by atoms with E-state index in [1.165, 1.54) is 6.08 Å². The summed E-state index contributed by atoms with van der Waals surface area (Å²) in [5.41, 5.74) is 0.148. The third kappa shape index (κ3) is 1.15. The predicted octanol–water partition coefficient (Wildman–Crippen LogP) is 2.78. The van der Waals surface area contributed by atoms with E-state index >= 15 is 0 Å². The van der Waals surface area contributed by atoms with Gasteiger partial charge >= 0.3 is 6.08 Å². The lowest BCUT2D eigenvalue weighted by molar-refractivity contribution is 0.380. The SMILES string of the molecule is FC(F)=C(F)C1=CCC1. The maximum atomic E-state index is 12.0. The van der Waals surface area contributed by atoms with Crippen LogP contribution in [0.25, 0.3) is 0 Å². The van der Waals surface area contributed by atoms with E-state index in [-0.39, 0.29) is 5.57 Å². The highest BCUT2D eigenvalue weighted by molar-refractivity contribution is 5.31. The molecule has 0 aromatic rings. The molecule has 0 fully saturated rings. The van der Waals surface area contributed by atoms with Crippen molar-refractivity contribution < 1.29 is 13.2 Å². The second kappa shape index (κ2) is 2.25. The largest absolute Gasteiger partial charge is 0.305 e. The van der Waals surface area contributed by atoms with E-state index in [1.54, 1.807) is 0 Å². The molecule has 0 aliphatic heterocycles. The van der Waals surface area contributed by atoms with E-state index in [4.69, 9.17) is 0 Å². The van der Waals surface area contributed by atoms with Gasteiger partial charge in [0.25, 0.3) is 0 Å². The fourth-order valence-electron chi connectivity index (χ4n) is 0.609. The van der Waals surface area contributed by atoms with Gasteiger partial charge in [-0.1, -0.05) is 6.08 Å². The Morgan fingerprint density at radius 1 is 1.33 bits per heavy atom. The van der Waals surface area contributed by atoms with Crippen LogP contribution >= 0.6 is 0 Å². The molecule has 0 unspecified atom stereocenters. The van der Waals surface area contributed by atoms with E-state index in [9.17, 15) is 13.2 Å². The van der Waals surface area contributed by atoms with Crippen LogP contribution < -0.4 is 0 Å². The molecule has 0 radical (unpaired) electrons. The summed E-state index contributed by atoms with van der Waals surface area (Å²) in [5.74, 6) is -1.33. The second-order valence-electron chi connectivity index (χ2n) is 1.84. The Hall–Kier alpha value is -0.730. The van der Waals surface area contributed by atoms with Crippen molar-refractivity contribution in [3.63, 3.8) is 0 Å². The fourth-order valence-corrected chi connectivity index (χ4v) is 0.609. The summed E-state index contributed by atoms with van der Waals surface area (Å²) in [5, 5.41) is 0. The number of hydrogen-bond donors (Lipinski definition) is 0.